The van der Waals surface area contributed by atoms with E-state index < -0.39 is 24.4 Å². The molecule has 1 rings (SSSR count). The van der Waals surface area contributed by atoms with Crippen molar-refractivity contribution in [1.29, 1.82) is 0 Å². The Bertz CT molecular complexity index is 357. The third-order valence-electron chi connectivity index (χ3n) is 1.96. The van der Waals surface area contributed by atoms with Gasteiger partial charge < -0.3 is 15.2 Å². The maximum Gasteiger partial charge on any atom is 0.330 e. The Morgan fingerprint density at radius 3 is 2.81 bits per heavy atom. The van der Waals surface area contributed by atoms with Gasteiger partial charge in [0.05, 0.1) is 18.9 Å². The van der Waals surface area contributed by atoms with E-state index in [1.54, 1.807) is 19.1 Å². The molecule has 0 fully saturated rings. The molecule has 0 radical (unpaired) electrons. The normalized spacial score (nSPS) is 11.9. The Kier molecular flexibility index (Phi) is 4.72. The molecule has 4 nitrogen and oxygen atoms in total. The molecule has 0 amide bonds. The highest BCUT2D eigenvalue weighted by Gasteiger charge is 2.19. The Balaban J connectivity index is 2.70. The SMILES string of the molecule is CCOC(=O)C(CO)Nc1ccccc1F. The predicted molar refractivity (Wildman–Crippen MR) is 57.5 cm³/mol. The maximum atomic E-state index is 13.2. The van der Waals surface area contributed by atoms with Crippen LogP contribution in [-0.4, -0.2) is 30.3 Å². The molecule has 1 unspecified atom stereocenters. The highest BCUT2D eigenvalue weighted by atomic mass is 19.1. The number of anilines is 1. The molecular formula is C11H14FNO3. The summed E-state index contributed by atoms with van der Waals surface area (Å²) >= 11 is 0. The molecule has 2 N–H and O–H groups in total. The largest absolute Gasteiger partial charge is 0.464 e. The van der Waals surface area contributed by atoms with Crippen LogP contribution in [0.25, 0.3) is 0 Å². The van der Waals surface area contributed by atoms with E-state index in [-0.39, 0.29) is 12.3 Å². The van der Waals surface area contributed by atoms with E-state index >= 15 is 0 Å². The number of hydrogen-bond donors (Lipinski definition) is 2. The van der Waals surface area contributed by atoms with Gasteiger partial charge in [0, 0.05) is 0 Å². The van der Waals surface area contributed by atoms with E-state index in [9.17, 15) is 9.18 Å². The van der Waals surface area contributed by atoms with Crippen LogP contribution < -0.4 is 5.32 Å². The fraction of sp³-hybridized carbons (Fsp3) is 0.364. The van der Waals surface area contributed by atoms with Gasteiger partial charge in [-0.3, -0.25) is 0 Å². The second-order valence-electron chi connectivity index (χ2n) is 3.11. The molecule has 1 aromatic rings. The summed E-state index contributed by atoms with van der Waals surface area (Å²) in [4.78, 5) is 11.3. The van der Waals surface area contributed by atoms with Gasteiger partial charge in [-0.25, -0.2) is 9.18 Å². The van der Waals surface area contributed by atoms with Gasteiger partial charge >= 0.3 is 5.97 Å². The molecule has 1 atom stereocenters. The standard InChI is InChI=1S/C11H14FNO3/c1-2-16-11(15)10(7-14)13-9-6-4-3-5-8(9)12/h3-6,10,13-14H,2,7H2,1H3. The zero-order chi connectivity index (χ0) is 12.0. The second-order valence-corrected chi connectivity index (χ2v) is 3.11. The molecule has 5 heteroatoms. The van der Waals surface area contributed by atoms with Crippen molar-refractivity contribution < 1.29 is 19.0 Å². The van der Waals surface area contributed by atoms with Crippen LogP contribution in [0, 0.1) is 5.82 Å². The van der Waals surface area contributed by atoms with Crippen LogP contribution in [0.5, 0.6) is 0 Å². The van der Waals surface area contributed by atoms with E-state index in [0.29, 0.717) is 0 Å². The number of para-hydroxylation sites is 1. The van der Waals surface area contributed by atoms with Crippen molar-refractivity contribution in [2.24, 2.45) is 0 Å². The van der Waals surface area contributed by atoms with E-state index in [4.69, 9.17) is 9.84 Å². The lowest BCUT2D eigenvalue weighted by Gasteiger charge is -2.16. The zero-order valence-electron chi connectivity index (χ0n) is 8.94. The third-order valence-corrected chi connectivity index (χ3v) is 1.96. The van der Waals surface area contributed by atoms with Gasteiger partial charge in [-0.1, -0.05) is 12.1 Å². The lowest BCUT2D eigenvalue weighted by atomic mass is 10.2. The number of carbonyl (C=O) groups is 1. The lowest BCUT2D eigenvalue weighted by Crippen LogP contribution is -2.35. The van der Waals surface area contributed by atoms with E-state index in [0.717, 1.165) is 0 Å². The molecule has 0 saturated carbocycles. The van der Waals surface area contributed by atoms with Crippen molar-refractivity contribution >= 4 is 11.7 Å². The quantitative estimate of drug-likeness (QED) is 0.741. The number of hydrogen-bond acceptors (Lipinski definition) is 4. The van der Waals surface area contributed by atoms with Crippen LogP contribution in [0.2, 0.25) is 0 Å². The van der Waals surface area contributed by atoms with Crippen molar-refractivity contribution in [2.75, 3.05) is 18.5 Å². The van der Waals surface area contributed by atoms with Crippen LogP contribution in [0.15, 0.2) is 24.3 Å². The van der Waals surface area contributed by atoms with Crippen molar-refractivity contribution in [3.63, 3.8) is 0 Å². The average Bonchev–Trinajstić information content (AvgIpc) is 2.28. The number of rotatable bonds is 5. The lowest BCUT2D eigenvalue weighted by molar-refractivity contribution is -0.144. The zero-order valence-corrected chi connectivity index (χ0v) is 8.94. The van der Waals surface area contributed by atoms with Crippen LogP contribution in [0.1, 0.15) is 6.92 Å². The number of benzene rings is 1. The molecule has 0 bridgehead atoms. The maximum absolute atomic E-state index is 13.2. The van der Waals surface area contributed by atoms with Crippen molar-refractivity contribution in [3.8, 4) is 0 Å². The van der Waals surface area contributed by atoms with Crippen LogP contribution in [0.4, 0.5) is 10.1 Å². The van der Waals surface area contributed by atoms with Crippen molar-refractivity contribution in [2.45, 2.75) is 13.0 Å². The average molecular weight is 227 g/mol. The van der Waals surface area contributed by atoms with Gasteiger partial charge in [0.25, 0.3) is 0 Å². The van der Waals surface area contributed by atoms with Crippen molar-refractivity contribution in [1.82, 2.24) is 0 Å². The smallest absolute Gasteiger partial charge is 0.330 e. The number of aliphatic hydroxyl groups is 1. The number of aliphatic hydroxyl groups excluding tert-OH is 1. The summed E-state index contributed by atoms with van der Waals surface area (Å²) in [5, 5.41) is 11.6. The molecule has 1 aromatic carbocycles. The summed E-state index contributed by atoms with van der Waals surface area (Å²) in [6.07, 6.45) is 0. The van der Waals surface area contributed by atoms with Gasteiger partial charge in [-0.05, 0) is 19.1 Å². The van der Waals surface area contributed by atoms with Crippen LogP contribution in [0.3, 0.4) is 0 Å². The van der Waals surface area contributed by atoms with Gasteiger partial charge in [0.2, 0.25) is 0 Å². The molecule has 0 aliphatic rings. The summed E-state index contributed by atoms with van der Waals surface area (Å²) in [6.45, 7) is 1.43. The highest BCUT2D eigenvalue weighted by Crippen LogP contribution is 2.13. The molecule has 0 saturated heterocycles. The predicted octanol–water partition coefficient (Wildman–Crippen LogP) is 1.16. The van der Waals surface area contributed by atoms with E-state index in [1.165, 1.54) is 12.1 Å². The van der Waals surface area contributed by atoms with Crippen LogP contribution >= 0.6 is 0 Å². The Morgan fingerprint density at radius 2 is 2.25 bits per heavy atom. The number of nitrogens with one attached hydrogen (secondary N) is 1. The van der Waals surface area contributed by atoms with Crippen LogP contribution in [-0.2, 0) is 9.53 Å². The number of carbonyl (C=O) groups excluding carboxylic acids is 1. The minimum absolute atomic E-state index is 0.162. The molecule has 0 aromatic heterocycles. The van der Waals surface area contributed by atoms with Gasteiger partial charge in [-0.2, -0.15) is 0 Å². The third kappa shape index (κ3) is 3.20. The Morgan fingerprint density at radius 1 is 1.56 bits per heavy atom. The summed E-state index contributed by atoms with van der Waals surface area (Å²) < 4.78 is 18.0. The first-order chi connectivity index (χ1) is 7.69. The molecule has 0 aliphatic heterocycles. The first-order valence-electron chi connectivity index (χ1n) is 4.97. The fourth-order valence-corrected chi connectivity index (χ4v) is 1.19. The van der Waals surface area contributed by atoms with Crippen molar-refractivity contribution in [3.05, 3.63) is 30.1 Å². The number of halogens is 1. The molecule has 0 aliphatic carbocycles. The van der Waals surface area contributed by atoms with E-state index in [1.807, 2.05) is 0 Å². The summed E-state index contributed by atoms with van der Waals surface area (Å²) in [7, 11) is 0. The molecule has 0 heterocycles. The first kappa shape index (κ1) is 12.4. The molecular weight excluding hydrogens is 213 g/mol. The number of esters is 1. The Hall–Kier alpha value is -1.62. The van der Waals surface area contributed by atoms with Gasteiger partial charge in [0.1, 0.15) is 11.9 Å². The van der Waals surface area contributed by atoms with E-state index in [2.05, 4.69) is 5.32 Å². The monoisotopic (exact) mass is 227 g/mol. The Labute approximate surface area is 93.0 Å². The summed E-state index contributed by atoms with van der Waals surface area (Å²) in [5.41, 5.74) is 0.162. The minimum atomic E-state index is -0.947. The minimum Gasteiger partial charge on any atom is -0.464 e. The summed E-state index contributed by atoms with van der Waals surface area (Å²) in [5.74, 6) is -1.08. The number of ether oxygens (including phenoxy) is 1. The second kappa shape index (κ2) is 6.07. The van der Waals surface area contributed by atoms with Gasteiger partial charge in [0.15, 0.2) is 0 Å². The first-order valence-corrected chi connectivity index (χ1v) is 4.97. The topological polar surface area (TPSA) is 58.6 Å². The molecule has 0 spiro atoms. The molecule has 16 heavy (non-hydrogen) atoms. The summed E-state index contributed by atoms with van der Waals surface area (Å²) in [6, 6.07) is 4.97. The molecule has 88 valence electrons. The van der Waals surface area contributed by atoms with Gasteiger partial charge in [-0.15, -0.1) is 0 Å². The fourth-order valence-electron chi connectivity index (χ4n) is 1.19. The highest BCUT2D eigenvalue weighted by molar-refractivity contribution is 5.79.